The Morgan fingerprint density at radius 3 is 2.64 bits per heavy atom. The predicted octanol–water partition coefficient (Wildman–Crippen LogP) is 4.03. The Morgan fingerprint density at radius 1 is 1.32 bits per heavy atom. The summed E-state index contributed by atoms with van der Waals surface area (Å²) in [5, 5.41) is 1.48. The first kappa shape index (κ1) is 17.7. The van der Waals surface area contributed by atoms with Gasteiger partial charge in [0, 0.05) is 10.4 Å². The molecule has 2 aromatic heterocycles. The third kappa shape index (κ3) is 3.48. The standard InChI is InChI=1S/C18H19N3O2S2/c1-4-13(16(19)22)25-18-15-14(10(2)24-17(15)20-9-21-18)11-5-7-12(23-3)8-6-11/h5-9,13H,4H2,1-3H3,(H2,19,22). The van der Waals surface area contributed by atoms with Crippen LogP contribution < -0.4 is 10.5 Å². The van der Waals surface area contributed by atoms with Crippen molar-refractivity contribution in [3.05, 3.63) is 35.5 Å². The lowest BCUT2D eigenvalue weighted by Crippen LogP contribution is -2.24. The van der Waals surface area contributed by atoms with E-state index >= 15 is 0 Å². The van der Waals surface area contributed by atoms with Gasteiger partial charge in [0.1, 0.15) is 21.9 Å². The van der Waals surface area contributed by atoms with E-state index < -0.39 is 0 Å². The maximum atomic E-state index is 11.6. The molecule has 0 aliphatic rings. The van der Waals surface area contributed by atoms with Gasteiger partial charge in [0.25, 0.3) is 0 Å². The van der Waals surface area contributed by atoms with Crippen LogP contribution >= 0.6 is 23.1 Å². The van der Waals surface area contributed by atoms with E-state index in [1.807, 2.05) is 31.2 Å². The predicted molar refractivity (Wildman–Crippen MR) is 103 cm³/mol. The maximum absolute atomic E-state index is 11.6. The second-order valence-electron chi connectivity index (χ2n) is 5.54. The molecule has 0 saturated heterocycles. The number of thiophene rings is 1. The summed E-state index contributed by atoms with van der Waals surface area (Å²) in [5.74, 6) is 0.490. The summed E-state index contributed by atoms with van der Waals surface area (Å²) in [6.45, 7) is 4.02. The fourth-order valence-electron chi connectivity index (χ4n) is 2.69. The molecule has 0 spiro atoms. The molecule has 2 N–H and O–H groups in total. The number of amides is 1. The van der Waals surface area contributed by atoms with Gasteiger partial charge in [-0.15, -0.1) is 11.3 Å². The van der Waals surface area contributed by atoms with Crippen LogP contribution in [0.15, 0.2) is 35.6 Å². The van der Waals surface area contributed by atoms with Crippen molar-refractivity contribution < 1.29 is 9.53 Å². The molecular formula is C18H19N3O2S2. The van der Waals surface area contributed by atoms with Crippen molar-refractivity contribution in [3.8, 4) is 16.9 Å². The van der Waals surface area contributed by atoms with Crippen molar-refractivity contribution in [1.29, 1.82) is 0 Å². The number of methoxy groups -OCH3 is 1. The summed E-state index contributed by atoms with van der Waals surface area (Å²) in [7, 11) is 1.65. The lowest BCUT2D eigenvalue weighted by Gasteiger charge is -2.11. The van der Waals surface area contributed by atoms with Crippen molar-refractivity contribution >= 4 is 39.2 Å². The topological polar surface area (TPSA) is 78.1 Å². The minimum Gasteiger partial charge on any atom is -0.497 e. The SMILES string of the molecule is CCC(Sc1ncnc2sc(C)c(-c3ccc(OC)cc3)c12)C(N)=O. The van der Waals surface area contributed by atoms with Crippen molar-refractivity contribution in [2.45, 2.75) is 30.5 Å². The molecule has 7 heteroatoms. The molecular weight excluding hydrogens is 354 g/mol. The molecule has 1 aromatic carbocycles. The van der Waals surface area contributed by atoms with Gasteiger partial charge in [-0.3, -0.25) is 4.79 Å². The molecule has 0 bridgehead atoms. The highest BCUT2D eigenvalue weighted by atomic mass is 32.2. The van der Waals surface area contributed by atoms with Gasteiger partial charge in [-0.05, 0) is 31.0 Å². The van der Waals surface area contributed by atoms with E-state index in [2.05, 4.69) is 16.9 Å². The number of hydrogen-bond acceptors (Lipinski definition) is 6. The minimum absolute atomic E-state index is 0.304. The Hall–Kier alpha value is -2.12. The zero-order chi connectivity index (χ0) is 18.0. The monoisotopic (exact) mass is 373 g/mol. The van der Waals surface area contributed by atoms with Gasteiger partial charge in [0.15, 0.2) is 0 Å². The number of hydrogen-bond donors (Lipinski definition) is 1. The molecule has 0 saturated carbocycles. The number of aryl methyl sites for hydroxylation is 1. The van der Waals surface area contributed by atoms with Crippen molar-refractivity contribution in [3.63, 3.8) is 0 Å². The van der Waals surface area contributed by atoms with Crippen molar-refractivity contribution in [1.82, 2.24) is 9.97 Å². The van der Waals surface area contributed by atoms with Gasteiger partial charge >= 0.3 is 0 Å². The number of carbonyl (C=O) groups is 1. The van der Waals surface area contributed by atoms with Gasteiger partial charge in [-0.2, -0.15) is 0 Å². The molecule has 1 amide bonds. The first-order chi connectivity index (χ1) is 12.0. The molecule has 3 rings (SSSR count). The summed E-state index contributed by atoms with van der Waals surface area (Å²) < 4.78 is 5.24. The zero-order valence-electron chi connectivity index (χ0n) is 14.3. The molecule has 130 valence electrons. The molecule has 3 aromatic rings. The number of primary amides is 1. The van der Waals surface area contributed by atoms with Gasteiger partial charge in [-0.25, -0.2) is 9.97 Å². The number of nitrogens with two attached hydrogens (primary N) is 1. The van der Waals surface area contributed by atoms with E-state index in [0.29, 0.717) is 6.42 Å². The van der Waals surface area contributed by atoms with Crippen LogP contribution in [0.25, 0.3) is 21.3 Å². The van der Waals surface area contributed by atoms with E-state index in [-0.39, 0.29) is 11.2 Å². The van der Waals surface area contributed by atoms with Crippen LogP contribution in [-0.4, -0.2) is 28.2 Å². The van der Waals surface area contributed by atoms with Crippen molar-refractivity contribution in [2.24, 2.45) is 5.73 Å². The van der Waals surface area contributed by atoms with Crippen LogP contribution in [0.5, 0.6) is 5.75 Å². The Labute approximate surface area is 154 Å². The maximum Gasteiger partial charge on any atom is 0.230 e. The Balaban J connectivity index is 2.14. The smallest absolute Gasteiger partial charge is 0.230 e. The summed E-state index contributed by atoms with van der Waals surface area (Å²) >= 11 is 3.04. The number of benzene rings is 1. The Morgan fingerprint density at radius 2 is 2.04 bits per heavy atom. The molecule has 1 atom stereocenters. The minimum atomic E-state index is -0.322. The number of aromatic nitrogens is 2. The van der Waals surface area contributed by atoms with Crippen LogP contribution in [-0.2, 0) is 4.79 Å². The van der Waals surface area contributed by atoms with Crippen LogP contribution in [0.3, 0.4) is 0 Å². The van der Waals surface area contributed by atoms with Crippen LogP contribution in [0.4, 0.5) is 0 Å². The van der Waals surface area contributed by atoms with Crippen LogP contribution in [0.2, 0.25) is 0 Å². The fraction of sp³-hybridized carbons (Fsp3) is 0.278. The molecule has 5 nitrogen and oxygen atoms in total. The number of fused-ring (bicyclic) bond motifs is 1. The van der Waals surface area contributed by atoms with E-state index in [1.165, 1.54) is 11.8 Å². The molecule has 1 unspecified atom stereocenters. The molecule has 2 heterocycles. The fourth-order valence-corrected chi connectivity index (χ4v) is 4.74. The highest BCUT2D eigenvalue weighted by Crippen LogP contribution is 2.42. The summed E-state index contributed by atoms with van der Waals surface area (Å²) in [6.07, 6.45) is 2.21. The average molecular weight is 374 g/mol. The van der Waals surface area contributed by atoms with E-state index in [1.54, 1.807) is 24.8 Å². The first-order valence-electron chi connectivity index (χ1n) is 7.89. The molecule has 25 heavy (non-hydrogen) atoms. The second-order valence-corrected chi connectivity index (χ2v) is 7.93. The Kier molecular flexibility index (Phi) is 5.24. The van der Waals surface area contributed by atoms with Gasteiger partial charge < -0.3 is 10.5 Å². The number of thioether (sulfide) groups is 1. The van der Waals surface area contributed by atoms with Crippen LogP contribution in [0.1, 0.15) is 18.2 Å². The van der Waals surface area contributed by atoms with Gasteiger partial charge in [0.05, 0.1) is 17.7 Å². The molecule has 0 aliphatic carbocycles. The zero-order valence-corrected chi connectivity index (χ0v) is 15.9. The normalized spacial score (nSPS) is 12.3. The summed E-state index contributed by atoms with van der Waals surface area (Å²) in [4.78, 5) is 22.6. The molecule has 0 radical (unpaired) electrons. The lowest BCUT2D eigenvalue weighted by molar-refractivity contribution is -0.117. The quantitative estimate of drug-likeness (QED) is 0.521. The summed E-state index contributed by atoms with van der Waals surface area (Å²) in [6, 6.07) is 7.93. The average Bonchev–Trinajstić information content (AvgIpc) is 2.96. The van der Waals surface area contributed by atoms with Gasteiger partial charge in [-0.1, -0.05) is 30.8 Å². The molecule has 0 fully saturated rings. The van der Waals surface area contributed by atoms with E-state index in [4.69, 9.17) is 10.5 Å². The summed E-state index contributed by atoms with van der Waals surface area (Å²) in [5.41, 5.74) is 7.69. The van der Waals surface area contributed by atoms with Crippen molar-refractivity contribution in [2.75, 3.05) is 7.11 Å². The number of nitrogens with zero attached hydrogens (tertiary/aromatic N) is 2. The Bertz CT molecular complexity index is 907. The number of rotatable bonds is 6. The number of ether oxygens (including phenoxy) is 1. The third-order valence-corrected chi connectivity index (χ3v) is 6.35. The first-order valence-corrected chi connectivity index (χ1v) is 9.59. The third-order valence-electron chi connectivity index (χ3n) is 3.95. The number of carbonyl (C=O) groups excluding carboxylic acids is 1. The highest BCUT2D eigenvalue weighted by molar-refractivity contribution is 8.00. The highest BCUT2D eigenvalue weighted by Gasteiger charge is 2.21. The lowest BCUT2D eigenvalue weighted by atomic mass is 10.0. The van der Waals surface area contributed by atoms with Crippen LogP contribution in [0, 0.1) is 6.92 Å². The van der Waals surface area contributed by atoms with E-state index in [0.717, 1.165) is 37.0 Å². The van der Waals surface area contributed by atoms with E-state index in [9.17, 15) is 4.79 Å². The second kappa shape index (κ2) is 7.41. The molecule has 0 aliphatic heterocycles. The largest absolute Gasteiger partial charge is 0.497 e. The van der Waals surface area contributed by atoms with Gasteiger partial charge in [0.2, 0.25) is 5.91 Å².